The number of benzene rings is 1. The Bertz CT molecular complexity index is 1230. The highest BCUT2D eigenvalue weighted by Crippen LogP contribution is 2.65. The van der Waals surface area contributed by atoms with Crippen LogP contribution in [-0.2, 0) is 23.9 Å². The molecule has 2 saturated carbocycles. The number of Topliss-reactive ketones (excluding diaryl/α,β-unsaturated/α-hetero) is 1. The minimum Gasteiger partial charge on any atom is -0.490 e. The normalized spacial score (nSPS) is 23.1. The van der Waals surface area contributed by atoms with Crippen molar-refractivity contribution in [2.24, 2.45) is 23.2 Å². The van der Waals surface area contributed by atoms with Crippen LogP contribution >= 0.6 is 0 Å². The first-order valence-corrected chi connectivity index (χ1v) is 16.2. The van der Waals surface area contributed by atoms with E-state index in [2.05, 4.69) is 36.4 Å². The number of alkyl carbamates (subject to hydrolysis) is 1. The lowest BCUT2D eigenvalue weighted by atomic mass is 9.83. The second-order valence-corrected chi connectivity index (χ2v) is 12.9. The number of carbonyl (C=O) groups excluding carboxylic acids is 5. The summed E-state index contributed by atoms with van der Waals surface area (Å²) < 4.78 is 11.0. The van der Waals surface area contributed by atoms with Crippen LogP contribution in [0, 0.1) is 23.2 Å². The van der Waals surface area contributed by atoms with Crippen LogP contribution in [0.15, 0.2) is 43.0 Å². The van der Waals surface area contributed by atoms with Gasteiger partial charge in [-0.3, -0.25) is 19.2 Å². The van der Waals surface area contributed by atoms with Crippen LogP contribution in [0.5, 0.6) is 5.75 Å². The molecular formula is C34H48N4O7. The summed E-state index contributed by atoms with van der Waals surface area (Å²) in [4.78, 5) is 68.0. The molecular weight excluding hydrogens is 576 g/mol. The number of nitrogens with one attached hydrogen (secondary N) is 3. The van der Waals surface area contributed by atoms with Crippen molar-refractivity contribution >= 4 is 29.6 Å². The number of ether oxygens (including phenoxy) is 2. The van der Waals surface area contributed by atoms with Crippen LogP contribution in [0.4, 0.5) is 4.79 Å². The summed E-state index contributed by atoms with van der Waals surface area (Å²) in [5.74, 6) is -1.68. The molecule has 4 rings (SSSR count). The molecule has 3 aliphatic rings. The van der Waals surface area contributed by atoms with Crippen LogP contribution in [0.2, 0.25) is 0 Å². The molecule has 2 aliphatic carbocycles. The van der Waals surface area contributed by atoms with Gasteiger partial charge in [0, 0.05) is 13.1 Å². The van der Waals surface area contributed by atoms with E-state index < -0.39 is 41.8 Å². The average molecular weight is 625 g/mol. The lowest BCUT2D eigenvalue weighted by molar-refractivity contribution is -0.145. The molecule has 2 unspecified atom stereocenters. The third-order valence-corrected chi connectivity index (χ3v) is 9.59. The third-order valence-electron chi connectivity index (χ3n) is 9.59. The Balaban J connectivity index is 1.46. The third kappa shape index (κ3) is 8.23. The monoisotopic (exact) mass is 624 g/mol. The first kappa shape index (κ1) is 34.0. The number of ketones is 1. The van der Waals surface area contributed by atoms with Crippen molar-refractivity contribution in [3.8, 4) is 5.75 Å². The zero-order valence-corrected chi connectivity index (χ0v) is 26.7. The van der Waals surface area contributed by atoms with Gasteiger partial charge in [-0.1, -0.05) is 70.7 Å². The van der Waals surface area contributed by atoms with Crippen molar-refractivity contribution in [1.29, 1.82) is 0 Å². The molecule has 5 atom stereocenters. The number of likely N-dealkylation sites (tertiary alicyclic amines) is 1. The Hall–Kier alpha value is -3.89. The summed E-state index contributed by atoms with van der Waals surface area (Å²) in [7, 11) is 0. The van der Waals surface area contributed by atoms with Crippen molar-refractivity contribution in [2.45, 2.75) is 83.8 Å². The van der Waals surface area contributed by atoms with Gasteiger partial charge in [-0.05, 0) is 54.6 Å². The Morgan fingerprint density at radius 2 is 1.76 bits per heavy atom. The first-order valence-electron chi connectivity index (χ1n) is 16.2. The van der Waals surface area contributed by atoms with Crippen LogP contribution in [0.3, 0.4) is 0 Å². The summed E-state index contributed by atoms with van der Waals surface area (Å²) in [6, 6.07) is 6.53. The maximum atomic E-state index is 14.3. The van der Waals surface area contributed by atoms with Crippen LogP contribution in [-0.4, -0.2) is 78.9 Å². The molecule has 0 aromatic heterocycles. The number of amides is 4. The molecule has 1 saturated heterocycles. The number of carbonyl (C=O) groups is 5. The number of rotatable bonds is 15. The van der Waals surface area contributed by atoms with E-state index in [4.69, 9.17) is 9.47 Å². The predicted octanol–water partition coefficient (Wildman–Crippen LogP) is 3.38. The largest absolute Gasteiger partial charge is 0.490 e. The average Bonchev–Trinajstić information content (AvgIpc) is 3.35. The minimum absolute atomic E-state index is 0.00656. The molecule has 0 radical (unpaired) electrons. The van der Waals surface area contributed by atoms with E-state index in [9.17, 15) is 24.0 Å². The standard InChI is InChI=1S/C34H48N4O7/c1-5-13-25(29(39)31(41)35-18-6-2)36-30(40)28-26-24(34(26,3)4)21-38(28)32(42)27(22-14-9-7-10-15-22)37-33(43)45-20-19-44-23-16-11-8-12-17-23/h6,8,11-12,16-17,22,24-28H,2,5,7,9-10,13-15,18-21H2,1,3-4H3,(H,35,41)(H,36,40)(H,37,43)/t24-,25?,26-,27?,28+/m1/s1. The van der Waals surface area contributed by atoms with Gasteiger partial charge in [-0.2, -0.15) is 0 Å². The van der Waals surface area contributed by atoms with E-state index in [1.165, 1.54) is 6.08 Å². The quantitative estimate of drug-likeness (QED) is 0.154. The zero-order chi connectivity index (χ0) is 32.6. The van der Waals surface area contributed by atoms with Crippen LogP contribution in [0.1, 0.15) is 65.7 Å². The Kier molecular flexibility index (Phi) is 11.6. The number of piperidine rings is 1. The fraction of sp³-hybridized carbons (Fsp3) is 0.618. The molecule has 246 valence electrons. The van der Waals surface area contributed by atoms with E-state index >= 15 is 0 Å². The van der Waals surface area contributed by atoms with Crippen molar-refractivity contribution < 1.29 is 33.4 Å². The second-order valence-electron chi connectivity index (χ2n) is 12.9. The summed E-state index contributed by atoms with van der Waals surface area (Å²) in [6.45, 7) is 10.3. The van der Waals surface area contributed by atoms with Crippen molar-refractivity contribution in [2.75, 3.05) is 26.3 Å². The molecule has 45 heavy (non-hydrogen) atoms. The Labute approximate surface area is 265 Å². The summed E-state index contributed by atoms with van der Waals surface area (Å²) in [6.07, 6.45) is 6.16. The molecule has 1 heterocycles. The van der Waals surface area contributed by atoms with Crippen LogP contribution < -0.4 is 20.7 Å². The topological polar surface area (TPSA) is 143 Å². The van der Waals surface area contributed by atoms with Gasteiger partial charge < -0.3 is 30.3 Å². The van der Waals surface area contributed by atoms with Gasteiger partial charge in [0.15, 0.2) is 0 Å². The van der Waals surface area contributed by atoms with Gasteiger partial charge in [-0.15, -0.1) is 6.58 Å². The highest BCUT2D eigenvalue weighted by molar-refractivity contribution is 6.38. The highest BCUT2D eigenvalue weighted by Gasteiger charge is 2.69. The van der Waals surface area contributed by atoms with Gasteiger partial charge in [0.05, 0.1) is 6.04 Å². The van der Waals surface area contributed by atoms with E-state index in [-0.39, 0.29) is 55.3 Å². The van der Waals surface area contributed by atoms with Gasteiger partial charge in [-0.25, -0.2) is 4.79 Å². The van der Waals surface area contributed by atoms with Crippen molar-refractivity contribution in [1.82, 2.24) is 20.9 Å². The second kappa shape index (κ2) is 15.4. The predicted molar refractivity (Wildman–Crippen MR) is 168 cm³/mol. The first-order chi connectivity index (χ1) is 21.6. The minimum atomic E-state index is -1.01. The molecule has 3 fully saturated rings. The van der Waals surface area contributed by atoms with Crippen molar-refractivity contribution in [3.05, 3.63) is 43.0 Å². The van der Waals surface area contributed by atoms with E-state index in [0.29, 0.717) is 18.7 Å². The van der Waals surface area contributed by atoms with Crippen LogP contribution in [0.25, 0.3) is 0 Å². The summed E-state index contributed by atoms with van der Waals surface area (Å²) in [5.41, 5.74) is -0.157. The lowest BCUT2D eigenvalue weighted by Crippen LogP contribution is -2.59. The Morgan fingerprint density at radius 3 is 2.42 bits per heavy atom. The van der Waals surface area contributed by atoms with Gasteiger partial charge in [0.2, 0.25) is 17.6 Å². The molecule has 3 N–H and O–H groups in total. The van der Waals surface area contributed by atoms with Gasteiger partial charge in [0.25, 0.3) is 5.91 Å². The fourth-order valence-electron chi connectivity index (χ4n) is 7.04. The summed E-state index contributed by atoms with van der Waals surface area (Å²) >= 11 is 0. The van der Waals surface area contributed by atoms with E-state index in [0.717, 1.165) is 32.1 Å². The number of para-hydroxylation sites is 1. The summed E-state index contributed by atoms with van der Waals surface area (Å²) in [5, 5.41) is 8.12. The molecule has 1 aliphatic heterocycles. The number of fused-ring (bicyclic) bond motifs is 1. The highest BCUT2D eigenvalue weighted by atomic mass is 16.6. The smallest absolute Gasteiger partial charge is 0.407 e. The molecule has 11 heteroatoms. The Morgan fingerprint density at radius 1 is 1.04 bits per heavy atom. The fourth-order valence-corrected chi connectivity index (χ4v) is 7.04. The molecule has 1 aromatic carbocycles. The van der Waals surface area contributed by atoms with E-state index in [1.54, 1.807) is 4.90 Å². The maximum absolute atomic E-state index is 14.3. The molecule has 0 bridgehead atoms. The lowest BCUT2D eigenvalue weighted by Gasteiger charge is -2.37. The molecule has 4 amide bonds. The molecule has 1 aromatic rings. The van der Waals surface area contributed by atoms with Gasteiger partial charge >= 0.3 is 6.09 Å². The number of nitrogens with zero attached hydrogens (tertiary/aromatic N) is 1. The van der Waals surface area contributed by atoms with Crippen molar-refractivity contribution in [3.63, 3.8) is 0 Å². The number of hydrogen-bond donors (Lipinski definition) is 3. The zero-order valence-electron chi connectivity index (χ0n) is 26.7. The maximum Gasteiger partial charge on any atom is 0.407 e. The SMILES string of the molecule is C=CCNC(=O)C(=O)C(CCC)NC(=O)[C@@H]1[C@H]2[C@@H](CN1C(=O)C(NC(=O)OCCOc1ccccc1)C1CCCCC1)C2(C)C. The number of hydrogen-bond acceptors (Lipinski definition) is 7. The van der Waals surface area contributed by atoms with E-state index in [1.807, 2.05) is 37.3 Å². The van der Waals surface area contributed by atoms with Gasteiger partial charge in [0.1, 0.15) is 31.0 Å². The molecule has 11 nitrogen and oxygen atoms in total. The molecule has 0 spiro atoms.